The van der Waals surface area contributed by atoms with Crippen LogP contribution in [0.3, 0.4) is 0 Å². The molecular weight excluding hydrogens is 639 g/mol. The third kappa shape index (κ3) is 12.2. The molecule has 1 fully saturated rings. The second kappa shape index (κ2) is 18.3. The van der Waals surface area contributed by atoms with Gasteiger partial charge in [-0.2, -0.15) is 0 Å². The van der Waals surface area contributed by atoms with Gasteiger partial charge in [0.1, 0.15) is 23.5 Å². The summed E-state index contributed by atoms with van der Waals surface area (Å²) in [6.45, 7) is 13.4. The smallest absolute Gasteiger partial charge is 0.408 e. The van der Waals surface area contributed by atoms with E-state index in [4.69, 9.17) is 15.0 Å². The van der Waals surface area contributed by atoms with Crippen molar-refractivity contribution < 1.29 is 37.8 Å². The maximum absolute atomic E-state index is 15.0. The summed E-state index contributed by atoms with van der Waals surface area (Å²) in [4.78, 5) is 65.1. The van der Waals surface area contributed by atoms with Gasteiger partial charge in [0.25, 0.3) is 7.52 Å². The van der Waals surface area contributed by atoms with E-state index in [9.17, 15) is 24.0 Å². The molecular formula is C33H55N6O8P. The Bertz CT molecular complexity index is 1300. The highest BCUT2D eigenvalue weighted by Crippen LogP contribution is 2.57. The Labute approximate surface area is 284 Å². The predicted molar refractivity (Wildman–Crippen MR) is 183 cm³/mol. The minimum absolute atomic E-state index is 0.0331. The van der Waals surface area contributed by atoms with E-state index in [0.29, 0.717) is 31.4 Å². The van der Waals surface area contributed by atoms with Gasteiger partial charge in [0, 0.05) is 26.6 Å². The molecule has 6 N–H and O–H groups in total. The van der Waals surface area contributed by atoms with Crippen LogP contribution in [0.1, 0.15) is 79.7 Å². The molecule has 48 heavy (non-hydrogen) atoms. The molecule has 0 bridgehead atoms. The van der Waals surface area contributed by atoms with Crippen LogP contribution in [0.25, 0.3) is 0 Å². The van der Waals surface area contributed by atoms with Crippen LogP contribution >= 0.6 is 7.52 Å². The molecule has 0 radical (unpaired) electrons. The molecule has 2 rings (SSSR count). The summed E-state index contributed by atoms with van der Waals surface area (Å²) in [7, 11) is -2.82. The zero-order valence-corrected chi connectivity index (χ0v) is 30.4. The molecule has 1 aliphatic heterocycles. The largest absolute Gasteiger partial charge is 0.444 e. The van der Waals surface area contributed by atoms with Gasteiger partial charge in [0.2, 0.25) is 23.6 Å². The molecule has 6 atom stereocenters. The van der Waals surface area contributed by atoms with Gasteiger partial charge in [-0.1, -0.05) is 64.4 Å². The van der Waals surface area contributed by atoms with Crippen LogP contribution in [0.4, 0.5) is 4.79 Å². The van der Waals surface area contributed by atoms with Gasteiger partial charge in [-0.25, -0.2) is 9.46 Å². The first-order valence-corrected chi connectivity index (χ1v) is 18.2. The number of alkyl carbamates (subject to hydrolysis) is 1. The van der Waals surface area contributed by atoms with E-state index < -0.39 is 67.3 Å². The summed E-state index contributed by atoms with van der Waals surface area (Å²) in [5.41, 5.74) is 5.24. The number of hydrogen-bond donors (Lipinski definition) is 5. The topological polar surface area (TPSA) is 198 Å². The van der Waals surface area contributed by atoms with Crippen LogP contribution in [0.2, 0.25) is 0 Å². The Morgan fingerprint density at radius 2 is 1.67 bits per heavy atom. The molecule has 0 spiro atoms. The van der Waals surface area contributed by atoms with Gasteiger partial charge >= 0.3 is 6.09 Å². The number of carbonyl (C=O) groups is 5. The monoisotopic (exact) mass is 694 g/mol. The molecule has 1 heterocycles. The second-order valence-electron chi connectivity index (χ2n) is 13.7. The number of ether oxygens (including phenoxy) is 1. The average molecular weight is 695 g/mol. The van der Waals surface area contributed by atoms with Crippen molar-refractivity contribution in [2.24, 2.45) is 17.6 Å². The minimum Gasteiger partial charge on any atom is -0.444 e. The molecule has 1 aromatic carbocycles. The molecule has 1 aromatic rings. The normalized spacial score (nSPS) is 18.9. The molecule has 1 unspecified atom stereocenters. The summed E-state index contributed by atoms with van der Waals surface area (Å²) in [5.74, 6) is -3.62. The molecule has 0 aromatic heterocycles. The number of hydrogen-bond acceptors (Lipinski definition) is 8. The highest BCUT2D eigenvalue weighted by molar-refractivity contribution is 7.57. The SMILES string of the molecule is CCC(C)[C@H](NC(=O)[C@@H]1CCCN1[P@](=O)(OC)[C@H](Cc1ccccc1)NC(=O)[C@H](CC(N)=O)NC(=O)OC(C)(C)C)C(=O)NCC(C)C. The Morgan fingerprint density at radius 3 is 2.21 bits per heavy atom. The number of benzene rings is 1. The molecule has 15 heteroatoms. The highest BCUT2D eigenvalue weighted by atomic mass is 31.2. The van der Waals surface area contributed by atoms with E-state index in [1.807, 2.05) is 33.8 Å². The Balaban J connectivity index is 2.44. The molecule has 0 aliphatic carbocycles. The molecule has 270 valence electrons. The number of primary amides is 1. The van der Waals surface area contributed by atoms with Crippen molar-refractivity contribution >= 4 is 37.2 Å². The first kappa shape index (κ1) is 40.7. The number of rotatable bonds is 17. The van der Waals surface area contributed by atoms with E-state index in [-0.39, 0.29) is 30.7 Å². The quantitative estimate of drug-likeness (QED) is 0.152. The fourth-order valence-electron chi connectivity index (χ4n) is 5.34. The summed E-state index contributed by atoms with van der Waals surface area (Å²) < 4.78 is 27.5. The van der Waals surface area contributed by atoms with Gasteiger partial charge in [-0.15, -0.1) is 0 Å². The Morgan fingerprint density at radius 1 is 1.02 bits per heavy atom. The van der Waals surface area contributed by atoms with E-state index >= 15 is 4.57 Å². The van der Waals surface area contributed by atoms with Crippen LogP contribution in [0.15, 0.2) is 30.3 Å². The van der Waals surface area contributed by atoms with Crippen molar-refractivity contribution in [3.05, 3.63) is 35.9 Å². The summed E-state index contributed by atoms with van der Waals surface area (Å²) in [6, 6.07) is 5.80. The minimum atomic E-state index is -4.07. The van der Waals surface area contributed by atoms with Crippen LogP contribution in [0, 0.1) is 11.8 Å². The first-order valence-electron chi connectivity index (χ1n) is 16.5. The number of amides is 5. The van der Waals surface area contributed by atoms with E-state index in [0.717, 1.165) is 0 Å². The number of nitrogens with zero attached hydrogens (tertiary/aromatic N) is 1. The van der Waals surface area contributed by atoms with Crippen LogP contribution in [-0.2, 0) is 39.4 Å². The lowest BCUT2D eigenvalue weighted by molar-refractivity contribution is -0.132. The van der Waals surface area contributed by atoms with Gasteiger partial charge in [0.15, 0.2) is 0 Å². The third-order valence-electron chi connectivity index (χ3n) is 8.01. The summed E-state index contributed by atoms with van der Waals surface area (Å²) in [6.07, 6.45) is 0.0329. The van der Waals surface area contributed by atoms with Crippen LogP contribution in [0.5, 0.6) is 0 Å². The van der Waals surface area contributed by atoms with Gasteiger partial charge < -0.3 is 36.3 Å². The van der Waals surface area contributed by atoms with Crippen LogP contribution < -0.4 is 27.0 Å². The standard InChI is InChI=1S/C33H55N6O8P/c1-9-22(4)28(31(43)35-20-21(2)3)38-30(42)25-16-13-17-39(25)48(45,46-8)27(18-23-14-11-10-12-15-23)37-29(41)24(19-26(34)40)36-32(44)47-33(5,6)7/h10-12,14-15,21-22,24-25,27-28H,9,13,16-20H2,1-8H3,(H2,34,40)(H,35,43)(H,36,44)(H,37,41)(H,38,42)/t22?,24-,25-,27+,28-,48+/m0/s1. The predicted octanol–water partition coefficient (Wildman–Crippen LogP) is 3.05. The second-order valence-corrected chi connectivity index (χ2v) is 16.3. The van der Waals surface area contributed by atoms with Crippen molar-refractivity contribution in [3.63, 3.8) is 0 Å². The number of carbonyl (C=O) groups excluding carboxylic acids is 5. The fraction of sp³-hybridized carbons (Fsp3) is 0.667. The zero-order valence-electron chi connectivity index (χ0n) is 29.5. The lowest BCUT2D eigenvalue weighted by atomic mass is 9.97. The van der Waals surface area contributed by atoms with Gasteiger partial charge in [0.05, 0.1) is 12.5 Å². The van der Waals surface area contributed by atoms with Crippen LogP contribution in [-0.4, -0.2) is 84.1 Å². The van der Waals surface area contributed by atoms with E-state index in [1.54, 1.807) is 45.0 Å². The molecule has 14 nitrogen and oxygen atoms in total. The van der Waals surface area contributed by atoms with Crippen molar-refractivity contribution in [1.82, 2.24) is 25.9 Å². The van der Waals surface area contributed by atoms with Crippen molar-refractivity contribution in [3.8, 4) is 0 Å². The van der Waals surface area contributed by atoms with Gasteiger partial charge in [-0.05, 0) is 51.0 Å². The Kier molecular flexibility index (Phi) is 15.5. The van der Waals surface area contributed by atoms with E-state index in [2.05, 4.69) is 21.3 Å². The number of nitrogens with one attached hydrogen (secondary N) is 4. The average Bonchev–Trinajstić information content (AvgIpc) is 3.51. The number of nitrogens with two attached hydrogens (primary N) is 1. The lowest BCUT2D eigenvalue weighted by Gasteiger charge is -2.37. The zero-order chi connectivity index (χ0) is 36.2. The van der Waals surface area contributed by atoms with Gasteiger partial charge in [-0.3, -0.25) is 23.7 Å². The fourth-order valence-corrected chi connectivity index (χ4v) is 7.92. The van der Waals surface area contributed by atoms with Crippen molar-refractivity contribution in [2.75, 3.05) is 20.2 Å². The lowest BCUT2D eigenvalue weighted by Crippen LogP contribution is -2.56. The first-order chi connectivity index (χ1) is 22.4. The summed E-state index contributed by atoms with van der Waals surface area (Å²) in [5, 5.41) is 10.9. The highest BCUT2D eigenvalue weighted by Gasteiger charge is 2.49. The van der Waals surface area contributed by atoms with Crippen molar-refractivity contribution in [2.45, 2.75) is 110 Å². The third-order valence-corrected chi connectivity index (χ3v) is 10.8. The van der Waals surface area contributed by atoms with Crippen molar-refractivity contribution in [1.29, 1.82) is 0 Å². The molecule has 5 amide bonds. The maximum Gasteiger partial charge on any atom is 0.408 e. The molecule has 1 aliphatic rings. The summed E-state index contributed by atoms with van der Waals surface area (Å²) >= 11 is 0. The van der Waals surface area contributed by atoms with E-state index in [1.165, 1.54) is 11.8 Å². The molecule has 0 saturated carbocycles. The Hall–Kier alpha value is -3.48. The maximum atomic E-state index is 15.0. The molecule has 1 saturated heterocycles.